The molecule has 0 spiro atoms. The van der Waals surface area contributed by atoms with Crippen LogP contribution in [0.5, 0.6) is 0 Å². The Labute approximate surface area is 124 Å². The number of nitrogens with two attached hydrogens (primary N) is 1. The lowest BCUT2D eigenvalue weighted by Crippen LogP contribution is -2.15. The maximum Gasteiger partial charge on any atom is 0.142 e. The zero-order chi connectivity index (χ0) is 14.9. The van der Waals surface area contributed by atoms with Crippen LogP contribution in [0.25, 0.3) is 0 Å². The predicted molar refractivity (Wildman–Crippen MR) is 82.7 cm³/mol. The lowest BCUT2D eigenvalue weighted by Gasteiger charge is -2.18. The summed E-state index contributed by atoms with van der Waals surface area (Å²) in [5.74, 6) is -0.419. The van der Waals surface area contributed by atoms with Gasteiger partial charge in [0.05, 0.1) is 5.02 Å². The second kappa shape index (κ2) is 5.94. The van der Waals surface area contributed by atoms with Gasteiger partial charge in [-0.1, -0.05) is 41.4 Å². The van der Waals surface area contributed by atoms with E-state index >= 15 is 0 Å². The average molecular weight is 292 g/mol. The highest BCUT2D eigenvalue weighted by molar-refractivity contribution is 6.31. The largest absolute Gasteiger partial charge is 0.324 e. The monoisotopic (exact) mass is 291 g/mol. The number of hydrogen-bond donors (Lipinski definition) is 1. The van der Waals surface area contributed by atoms with Gasteiger partial charge >= 0.3 is 0 Å². The number of benzene rings is 2. The molecule has 2 rings (SSSR count). The van der Waals surface area contributed by atoms with Crippen LogP contribution in [0.15, 0.2) is 30.3 Å². The van der Waals surface area contributed by atoms with E-state index in [-0.39, 0.29) is 11.1 Å². The molecule has 2 aromatic rings. The maximum absolute atomic E-state index is 13.5. The second-order valence-electron chi connectivity index (χ2n) is 5.33. The van der Waals surface area contributed by atoms with Crippen LogP contribution in [-0.2, 0) is 6.42 Å². The Morgan fingerprint density at radius 1 is 1.15 bits per heavy atom. The molecule has 0 bridgehead atoms. The zero-order valence-electron chi connectivity index (χ0n) is 12.0. The van der Waals surface area contributed by atoms with E-state index in [2.05, 4.69) is 32.9 Å². The number of rotatable bonds is 3. The summed E-state index contributed by atoms with van der Waals surface area (Å²) in [6, 6.07) is 8.75. The Kier molecular flexibility index (Phi) is 4.46. The van der Waals surface area contributed by atoms with Gasteiger partial charge in [0.2, 0.25) is 0 Å². The van der Waals surface area contributed by atoms with Crippen LogP contribution in [0, 0.1) is 26.6 Å². The van der Waals surface area contributed by atoms with Gasteiger partial charge in [0, 0.05) is 6.04 Å². The molecule has 2 N–H and O–H groups in total. The van der Waals surface area contributed by atoms with E-state index in [0.29, 0.717) is 12.0 Å². The highest BCUT2D eigenvalue weighted by atomic mass is 35.5. The highest BCUT2D eigenvalue weighted by Gasteiger charge is 2.15. The Morgan fingerprint density at radius 2 is 1.75 bits per heavy atom. The first-order valence-corrected chi connectivity index (χ1v) is 7.04. The van der Waals surface area contributed by atoms with Crippen LogP contribution in [0.3, 0.4) is 0 Å². The third kappa shape index (κ3) is 3.02. The molecule has 1 unspecified atom stereocenters. The summed E-state index contributed by atoms with van der Waals surface area (Å²) in [7, 11) is 0. The lowest BCUT2D eigenvalue weighted by atomic mass is 9.92. The highest BCUT2D eigenvalue weighted by Crippen LogP contribution is 2.28. The van der Waals surface area contributed by atoms with Crippen LogP contribution >= 0.6 is 11.6 Å². The summed E-state index contributed by atoms with van der Waals surface area (Å²) < 4.78 is 13.5. The first kappa shape index (κ1) is 15.0. The minimum atomic E-state index is -0.419. The Balaban J connectivity index is 2.33. The fraction of sp³-hybridized carbons (Fsp3) is 0.294. The minimum absolute atomic E-state index is 0.127. The second-order valence-corrected chi connectivity index (χ2v) is 5.71. The molecule has 2 aromatic carbocycles. The van der Waals surface area contributed by atoms with Crippen LogP contribution in [0.1, 0.15) is 33.9 Å². The molecule has 1 nitrogen and oxygen atoms in total. The average Bonchev–Trinajstić information content (AvgIpc) is 2.36. The molecule has 0 aliphatic rings. The lowest BCUT2D eigenvalue weighted by molar-refractivity contribution is 0.619. The van der Waals surface area contributed by atoms with Gasteiger partial charge in [-0.25, -0.2) is 4.39 Å². The van der Waals surface area contributed by atoms with Crippen molar-refractivity contribution in [2.75, 3.05) is 0 Å². The van der Waals surface area contributed by atoms with Crippen LogP contribution < -0.4 is 5.73 Å². The maximum atomic E-state index is 13.5. The zero-order valence-corrected chi connectivity index (χ0v) is 12.8. The Bertz CT molecular complexity index is 614. The molecule has 0 amide bonds. The fourth-order valence-corrected chi connectivity index (χ4v) is 2.93. The summed E-state index contributed by atoms with van der Waals surface area (Å²) in [6.07, 6.45) is 0.654. The van der Waals surface area contributed by atoms with E-state index in [1.807, 2.05) is 0 Å². The molecule has 0 saturated heterocycles. The van der Waals surface area contributed by atoms with E-state index in [1.54, 1.807) is 12.1 Å². The summed E-state index contributed by atoms with van der Waals surface area (Å²) >= 11 is 6.00. The van der Waals surface area contributed by atoms with Gasteiger partial charge in [0.1, 0.15) is 5.82 Å². The van der Waals surface area contributed by atoms with E-state index < -0.39 is 5.82 Å². The normalized spacial score (nSPS) is 12.5. The Hall–Kier alpha value is -1.38. The molecular formula is C17H19ClFN. The van der Waals surface area contributed by atoms with Crippen molar-refractivity contribution in [2.45, 2.75) is 33.2 Å². The molecular weight excluding hydrogens is 273 g/mol. The van der Waals surface area contributed by atoms with Crippen molar-refractivity contribution >= 4 is 11.6 Å². The van der Waals surface area contributed by atoms with Gasteiger partial charge in [0.15, 0.2) is 0 Å². The first-order chi connectivity index (χ1) is 9.40. The standard InChI is InChI=1S/C17H19ClFN/c1-10-7-11(2)14(12(3)8-10)9-16(20)13-5-4-6-15(19)17(13)18/h4-8,16H,9,20H2,1-3H3. The van der Waals surface area contributed by atoms with Gasteiger partial charge < -0.3 is 5.73 Å². The van der Waals surface area contributed by atoms with Gasteiger partial charge in [0.25, 0.3) is 0 Å². The summed E-state index contributed by atoms with van der Waals surface area (Å²) in [5, 5.41) is 0.127. The number of hydrogen-bond acceptors (Lipinski definition) is 1. The van der Waals surface area contributed by atoms with Crippen LogP contribution in [0.4, 0.5) is 4.39 Å². The molecule has 20 heavy (non-hydrogen) atoms. The van der Waals surface area contributed by atoms with E-state index in [9.17, 15) is 4.39 Å². The quantitative estimate of drug-likeness (QED) is 0.875. The first-order valence-electron chi connectivity index (χ1n) is 6.66. The van der Waals surface area contributed by atoms with Crippen molar-refractivity contribution in [1.82, 2.24) is 0 Å². The molecule has 1 atom stereocenters. The topological polar surface area (TPSA) is 26.0 Å². The van der Waals surface area contributed by atoms with Crippen molar-refractivity contribution < 1.29 is 4.39 Å². The minimum Gasteiger partial charge on any atom is -0.324 e. The van der Waals surface area contributed by atoms with Crippen LogP contribution in [0.2, 0.25) is 5.02 Å². The van der Waals surface area contributed by atoms with Gasteiger partial charge in [-0.2, -0.15) is 0 Å². The van der Waals surface area contributed by atoms with Crippen molar-refractivity contribution in [1.29, 1.82) is 0 Å². The van der Waals surface area contributed by atoms with E-state index in [1.165, 1.54) is 28.3 Å². The molecule has 0 radical (unpaired) electrons. The molecule has 0 aromatic heterocycles. The third-order valence-electron chi connectivity index (χ3n) is 3.65. The smallest absolute Gasteiger partial charge is 0.142 e. The Morgan fingerprint density at radius 3 is 2.35 bits per heavy atom. The predicted octanol–water partition coefficient (Wildman–Crippen LogP) is 4.65. The molecule has 0 aliphatic heterocycles. The van der Waals surface area contributed by atoms with Crippen molar-refractivity contribution in [3.05, 3.63) is 69.0 Å². The molecule has 0 fully saturated rings. The third-order valence-corrected chi connectivity index (χ3v) is 4.04. The summed E-state index contributed by atoms with van der Waals surface area (Å²) in [5.41, 5.74) is 11.8. The number of halogens is 2. The molecule has 106 valence electrons. The van der Waals surface area contributed by atoms with Crippen molar-refractivity contribution in [3.63, 3.8) is 0 Å². The summed E-state index contributed by atoms with van der Waals surface area (Å²) in [6.45, 7) is 6.23. The summed E-state index contributed by atoms with van der Waals surface area (Å²) in [4.78, 5) is 0. The van der Waals surface area contributed by atoms with E-state index in [4.69, 9.17) is 17.3 Å². The fourth-order valence-electron chi connectivity index (χ4n) is 2.67. The molecule has 0 aliphatic carbocycles. The molecule has 0 heterocycles. The van der Waals surface area contributed by atoms with Crippen molar-refractivity contribution in [3.8, 4) is 0 Å². The van der Waals surface area contributed by atoms with Crippen molar-refractivity contribution in [2.24, 2.45) is 5.73 Å². The SMILES string of the molecule is Cc1cc(C)c(CC(N)c2cccc(F)c2Cl)c(C)c1. The molecule has 0 saturated carbocycles. The van der Waals surface area contributed by atoms with Crippen LogP contribution in [-0.4, -0.2) is 0 Å². The van der Waals surface area contributed by atoms with Gasteiger partial charge in [-0.3, -0.25) is 0 Å². The molecule has 3 heteroatoms. The van der Waals surface area contributed by atoms with E-state index in [0.717, 1.165) is 0 Å². The number of aryl methyl sites for hydroxylation is 3. The van der Waals surface area contributed by atoms with Gasteiger partial charge in [-0.05, 0) is 55.5 Å². The van der Waals surface area contributed by atoms with Gasteiger partial charge in [-0.15, -0.1) is 0 Å².